The minimum Gasteiger partial charge on any atom is -0.334 e. The first-order chi connectivity index (χ1) is 13.0. The predicted octanol–water partition coefficient (Wildman–Crippen LogP) is 4.57. The molecule has 2 heterocycles. The molecule has 0 fully saturated rings. The maximum absolute atomic E-state index is 13.2. The summed E-state index contributed by atoms with van der Waals surface area (Å²) in [4.78, 5) is 13.7. The van der Waals surface area contributed by atoms with Gasteiger partial charge in [-0.05, 0) is 53.6 Å². The van der Waals surface area contributed by atoms with Crippen LogP contribution >= 0.6 is 11.6 Å². The van der Waals surface area contributed by atoms with Crippen LogP contribution in [0, 0.1) is 5.82 Å². The third kappa shape index (κ3) is 3.51. The van der Waals surface area contributed by atoms with E-state index in [0.29, 0.717) is 18.1 Å². The molecule has 1 aromatic heterocycles. The molecular formula is C21H17ClFN3O. The van der Waals surface area contributed by atoms with E-state index in [0.717, 1.165) is 28.1 Å². The topological polar surface area (TPSA) is 38.1 Å². The molecule has 0 spiro atoms. The Morgan fingerprint density at radius 3 is 2.48 bits per heavy atom. The van der Waals surface area contributed by atoms with Gasteiger partial charge in [0, 0.05) is 30.6 Å². The van der Waals surface area contributed by atoms with Gasteiger partial charge in [0.2, 0.25) is 5.91 Å². The van der Waals surface area contributed by atoms with E-state index in [1.807, 2.05) is 35.0 Å². The van der Waals surface area contributed by atoms with Crippen molar-refractivity contribution in [3.05, 3.63) is 82.4 Å². The molecule has 0 atom stereocenters. The SMILES string of the molecule is CC(=O)N1C/C(=C\c2ccc(F)cc2)c2c(cnn2-c2ccc(Cl)cc2)C1. The zero-order chi connectivity index (χ0) is 19.0. The second-order valence-corrected chi connectivity index (χ2v) is 6.94. The number of hydrogen-bond acceptors (Lipinski definition) is 2. The number of carbonyl (C=O) groups excluding carboxylic acids is 1. The summed E-state index contributed by atoms with van der Waals surface area (Å²) < 4.78 is 15.1. The van der Waals surface area contributed by atoms with Crippen LogP contribution in [0.4, 0.5) is 4.39 Å². The Bertz CT molecular complexity index is 1020. The van der Waals surface area contributed by atoms with E-state index in [9.17, 15) is 9.18 Å². The molecule has 136 valence electrons. The quantitative estimate of drug-likeness (QED) is 0.652. The summed E-state index contributed by atoms with van der Waals surface area (Å²) >= 11 is 6.00. The summed E-state index contributed by atoms with van der Waals surface area (Å²) in [5.41, 5.74) is 4.64. The zero-order valence-corrected chi connectivity index (χ0v) is 15.4. The minimum atomic E-state index is -0.280. The average Bonchev–Trinajstić information content (AvgIpc) is 3.08. The zero-order valence-electron chi connectivity index (χ0n) is 14.7. The lowest BCUT2D eigenvalue weighted by molar-refractivity contribution is -0.128. The number of halogens is 2. The van der Waals surface area contributed by atoms with Crippen molar-refractivity contribution >= 4 is 29.2 Å². The fourth-order valence-corrected chi connectivity index (χ4v) is 3.38. The molecule has 0 N–H and O–H groups in total. The van der Waals surface area contributed by atoms with Crippen LogP contribution in [0.3, 0.4) is 0 Å². The Balaban J connectivity index is 1.84. The molecule has 0 aliphatic carbocycles. The second kappa shape index (κ2) is 7.00. The number of hydrogen-bond donors (Lipinski definition) is 0. The van der Waals surface area contributed by atoms with Crippen LogP contribution in [0.15, 0.2) is 54.7 Å². The molecule has 6 heteroatoms. The molecule has 0 saturated carbocycles. The molecule has 4 rings (SSSR count). The Kier molecular flexibility index (Phi) is 4.54. The van der Waals surface area contributed by atoms with E-state index in [1.165, 1.54) is 12.1 Å². The lowest BCUT2D eigenvalue weighted by Crippen LogP contribution is -2.33. The van der Waals surface area contributed by atoms with Crippen molar-refractivity contribution in [2.24, 2.45) is 0 Å². The normalized spacial score (nSPS) is 15.1. The van der Waals surface area contributed by atoms with Crippen molar-refractivity contribution in [3.8, 4) is 5.69 Å². The first-order valence-electron chi connectivity index (χ1n) is 8.56. The van der Waals surface area contributed by atoms with Crippen molar-refractivity contribution < 1.29 is 9.18 Å². The molecule has 27 heavy (non-hydrogen) atoms. The number of fused-ring (bicyclic) bond motifs is 1. The number of aromatic nitrogens is 2. The first kappa shape index (κ1) is 17.5. The molecule has 1 aliphatic rings. The maximum Gasteiger partial charge on any atom is 0.220 e. The van der Waals surface area contributed by atoms with E-state index in [4.69, 9.17) is 11.6 Å². The summed E-state index contributed by atoms with van der Waals surface area (Å²) in [7, 11) is 0. The van der Waals surface area contributed by atoms with Gasteiger partial charge in [-0.25, -0.2) is 9.07 Å². The highest BCUT2D eigenvalue weighted by molar-refractivity contribution is 6.30. The fraction of sp³-hybridized carbons (Fsp3) is 0.143. The number of nitrogens with zero attached hydrogens (tertiary/aromatic N) is 3. The van der Waals surface area contributed by atoms with Crippen molar-refractivity contribution in [1.29, 1.82) is 0 Å². The number of carbonyl (C=O) groups is 1. The van der Waals surface area contributed by atoms with Crippen LogP contribution in [0.5, 0.6) is 0 Å². The molecule has 1 aliphatic heterocycles. The molecule has 4 nitrogen and oxygen atoms in total. The highest BCUT2D eigenvalue weighted by Crippen LogP contribution is 2.31. The van der Waals surface area contributed by atoms with Crippen molar-refractivity contribution in [1.82, 2.24) is 14.7 Å². The molecule has 0 radical (unpaired) electrons. The summed E-state index contributed by atoms with van der Waals surface area (Å²) in [5, 5.41) is 5.19. The van der Waals surface area contributed by atoms with E-state index >= 15 is 0 Å². The molecule has 0 bridgehead atoms. The lowest BCUT2D eigenvalue weighted by Gasteiger charge is -2.28. The van der Waals surface area contributed by atoms with Gasteiger partial charge in [-0.1, -0.05) is 23.7 Å². The van der Waals surface area contributed by atoms with Crippen LogP contribution in [-0.2, 0) is 11.3 Å². The number of rotatable bonds is 2. The van der Waals surface area contributed by atoms with Gasteiger partial charge in [0.25, 0.3) is 0 Å². The number of benzene rings is 2. The van der Waals surface area contributed by atoms with Crippen molar-refractivity contribution in [2.45, 2.75) is 13.5 Å². The van der Waals surface area contributed by atoms with E-state index < -0.39 is 0 Å². The van der Waals surface area contributed by atoms with Crippen LogP contribution in [-0.4, -0.2) is 27.1 Å². The first-order valence-corrected chi connectivity index (χ1v) is 8.94. The smallest absolute Gasteiger partial charge is 0.220 e. The third-order valence-electron chi connectivity index (χ3n) is 4.60. The Labute approximate surface area is 161 Å². The predicted molar refractivity (Wildman–Crippen MR) is 104 cm³/mol. The molecule has 0 unspecified atom stereocenters. The summed E-state index contributed by atoms with van der Waals surface area (Å²) in [6.07, 6.45) is 3.76. The van der Waals surface area contributed by atoms with Crippen molar-refractivity contribution in [3.63, 3.8) is 0 Å². The summed E-state index contributed by atoms with van der Waals surface area (Å²) in [6.45, 7) is 2.54. The monoisotopic (exact) mass is 381 g/mol. The van der Waals surface area contributed by atoms with E-state index in [-0.39, 0.29) is 11.7 Å². The Morgan fingerprint density at radius 1 is 1.11 bits per heavy atom. The lowest BCUT2D eigenvalue weighted by atomic mass is 9.99. The molecular weight excluding hydrogens is 365 g/mol. The van der Waals surface area contributed by atoms with Crippen LogP contribution < -0.4 is 0 Å². The average molecular weight is 382 g/mol. The van der Waals surface area contributed by atoms with Gasteiger partial charge in [0.15, 0.2) is 0 Å². The van der Waals surface area contributed by atoms with Gasteiger partial charge >= 0.3 is 0 Å². The second-order valence-electron chi connectivity index (χ2n) is 6.50. The minimum absolute atomic E-state index is 0.00454. The Morgan fingerprint density at radius 2 is 1.81 bits per heavy atom. The van der Waals surface area contributed by atoms with Gasteiger partial charge in [0.1, 0.15) is 5.82 Å². The highest BCUT2D eigenvalue weighted by atomic mass is 35.5. The van der Waals surface area contributed by atoms with Crippen LogP contribution in [0.25, 0.3) is 17.3 Å². The van der Waals surface area contributed by atoms with Gasteiger partial charge in [0.05, 0.1) is 17.6 Å². The van der Waals surface area contributed by atoms with Crippen molar-refractivity contribution in [2.75, 3.05) is 6.54 Å². The van der Waals surface area contributed by atoms with E-state index in [1.54, 1.807) is 30.2 Å². The van der Waals surface area contributed by atoms with Crippen LogP contribution in [0.1, 0.15) is 23.7 Å². The van der Waals surface area contributed by atoms with Gasteiger partial charge in [-0.3, -0.25) is 4.79 Å². The maximum atomic E-state index is 13.2. The van der Waals surface area contributed by atoms with Gasteiger partial charge in [-0.15, -0.1) is 0 Å². The standard InChI is InChI=1S/C21H17ClFN3O/c1-14(27)25-12-16(10-15-2-6-19(23)7-3-15)21-17(13-25)11-24-26(21)20-8-4-18(22)5-9-20/h2-11H,12-13H2,1H3/b16-10+. The highest BCUT2D eigenvalue weighted by Gasteiger charge is 2.26. The fourth-order valence-electron chi connectivity index (χ4n) is 3.26. The summed E-state index contributed by atoms with van der Waals surface area (Å²) in [5.74, 6) is -0.275. The molecule has 1 amide bonds. The largest absolute Gasteiger partial charge is 0.334 e. The summed E-state index contributed by atoms with van der Waals surface area (Å²) in [6, 6.07) is 13.7. The molecule has 0 saturated heterocycles. The van der Waals surface area contributed by atoms with Crippen LogP contribution in [0.2, 0.25) is 5.02 Å². The molecule has 2 aromatic carbocycles. The van der Waals surface area contributed by atoms with E-state index in [2.05, 4.69) is 5.10 Å². The Hall–Kier alpha value is -2.92. The third-order valence-corrected chi connectivity index (χ3v) is 4.85. The number of amides is 1. The molecule has 3 aromatic rings. The van der Waals surface area contributed by atoms with Gasteiger partial charge in [-0.2, -0.15) is 5.10 Å². The van der Waals surface area contributed by atoms with Gasteiger partial charge < -0.3 is 4.90 Å².